The third kappa shape index (κ3) is 5.17. The van der Waals surface area contributed by atoms with Gasteiger partial charge in [0.05, 0.1) is 22.8 Å². The molecule has 0 unspecified atom stereocenters. The molecule has 0 aliphatic heterocycles. The Morgan fingerprint density at radius 3 is 1.81 bits per heavy atom. The van der Waals surface area contributed by atoms with Crippen LogP contribution in [-0.2, 0) is 12.8 Å². The molecule has 0 atom stereocenters. The number of fused-ring (bicyclic) bond motifs is 3. The molecule has 0 saturated carbocycles. The van der Waals surface area contributed by atoms with Gasteiger partial charge in [-0.25, -0.2) is 23.1 Å². The van der Waals surface area contributed by atoms with Crippen LogP contribution in [0.1, 0.15) is 11.1 Å². The number of hydrogen-bond donors (Lipinski definition) is 0. The van der Waals surface area contributed by atoms with Gasteiger partial charge in [0, 0.05) is 5.56 Å². The Morgan fingerprint density at radius 1 is 0.613 bits per heavy atom. The fourth-order valence-electron chi connectivity index (χ4n) is 3.85. The van der Waals surface area contributed by atoms with Gasteiger partial charge in [0.1, 0.15) is 0 Å². The number of halogens is 1. The Morgan fingerprint density at radius 2 is 1.16 bits per heavy atom. The van der Waals surface area contributed by atoms with Crippen LogP contribution in [0, 0.1) is 10.2 Å². The molecule has 0 radical (unpaired) electrons. The molecule has 156 valence electrons. The second-order valence-corrected chi connectivity index (χ2v) is 7.86. The summed E-state index contributed by atoms with van der Waals surface area (Å²) in [6, 6.07) is 31.8. The van der Waals surface area contributed by atoms with Crippen molar-refractivity contribution < 1.29 is 33.3 Å². The van der Waals surface area contributed by atoms with Gasteiger partial charge in [0.25, 0.3) is 0 Å². The summed E-state index contributed by atoms with van der Waals surface area (Å²) in [5.74, 6) is 1.94. The Bertz CT molecular complexity index is 1150. The van der Waals surface area contributed by atoms with Gasteiger partial charge in [0.15, 0.2) is 0 Å². The molecular weight excluding hydrogens is 416 g/mol. The van der Waals surface area contributed by atoms with Gasteiger partial charge in [-0.3, -0.25) is 0 Å². The highest BCUT2D eigenvalue weighted by Crippen LogP contribution is 2.41. The minimum atomic E-state index is -4.94. The van der Waals surface area contributed by atoms with Crippen LogP contribution in [-0.4, -0.2) is 0 Å². The molecule has 1 heterocycles. The Balaban J connectivity index is 0.000000418. The summed E-state index contributed by atoms with van der Waals surface area (Å²) in [4.78, 5) is 0. The fraction of sp³-hybridized carbons (Fsp3) is 0.0800. The normalized spacial score (nSPS) is 12.3. The Kier molecular flexibility index (Phi) is 6.13. The molecule has 3 aromatic carbocycles. The maximum absolute atomic E-state index is 8.49. The van der Waals surface area contributed by atoms with E-state index in [4.69, 9.17) is 23.1 Å². The van der Waals surface area contributed by atoms with Crippen molar-refractivity contribution in [2.45, 2.75) is 12.8 Å². The van der Waals surface area contributed by atoms with E-state index in [1.165, 1.54) is 27.8 Å². The summed E-state index contributed by atoms with van der Waals surface area (Å²) in [6.45, 7) is 0. The summed E-state index contributed by atoms with van der Waals surface area (Å²) >= 11 is 0. The second kappa shape index (κ2) is 8.98. The molecule has 0 N–H and O–H groups in total. The van der Waals surface area contributed by atoms with Gasteiger partial charge < -0.3 is 0 Å². The lowest BCUT2D eigenvalue weighted by Gasteiger charge is -2.17. The molecule has 1 aliphatic carbocycles. The van der Waals surface area contributed by atoms with Gasteiger partial charge in [-0.1, -0.05) is 66.7 Å². The standard InChI is InChI=1S/C25H19O.ClHO4/c1-3-9-18(10-4-1)23-17-24(20-12-5-2-6-13-20)26-25-21-14-8-7-11-19(21)15-16-22(23)25;2-1(3,4)5/h1-14,17H,15-16H2;(H,2,3,4,5)/q+1;/p-1. The van der Waals surface area contributed by atoms with E-state index in [-0.39, 0.29) is 0 Å². The molecule has 31 heavy (non-hydrogen) atoms. The van der Waals surface area contributed by atoms with E-state index in [0.29, 0.717) is 0 Å². The first-order valence-corrected chi connectivity index (χ1v) is 10.9. The molecule has 6 heteroatoms. The van der Waals surface area contributed by atoms with Crippen molar-refractivity contribution in [2.24, 2.45) is 0 Å². The largest absolute Gasteiger partial charge is 0.364 e. The first-order valence-electron chi connectivity index (χ1n) is 9.71. The molecule has 5 rings (SSSR count). The smallest absolute Gasteiger partial charge is 0.222 e. The summed E-state index contributed by atoms with van der Waals surface area (Å²) in [5, 5.41) is 0. The van der Waals surface area contributed by atoms with E-state index in [1.807, 2.05) is 6.07 Å². The molecule has 5 nitrogen and oxygen atoms in total. The molecule has 1 aliphatic rings. The van der Waals surface area contributed by atoms with Crippen LogP contribution in [0.25, 0.3) is 33.8 Å². The SMILES string of the molecule is [O-][Cl+3]([O-])([O-])[O-].c1ccc(-c2cc(-c3ccccc3)c3c([o+]2)-c2ccccc2CC3)cc1. The van der Waals surface area contributed by atoms with Crippen LogP contribution in [0.4, 0.5) is 0 Å². The minimum Gasteiger partial charge on any atom is -0.222 e. The van der Waals surface area contributed by atoms with Crippen molar-refractivity contribution in [2.75, 3.05) is 0 Å². The molecule has 0 spiro atoms. The van der Waals surface area contributed by atoms with E-state index >= 15 is 0 Å². The molecule has 0 saturated heterocycles. The summed E-state index contributed by atoms with van der Waals surface area (Å²) in [6.07, 6.45) is 2.07. The van der Waals surface area contributed by atoms with Crippen molar-refractivity contribution in [3.05, 3.63) is 102 Å². The van der Waals surface area contributed by atoms with E-state index < -0.39 is 10.2 Å². The number of rotatable bonds is 2. The lowest BCUT2D eigenvalue weighted by atomic mass is 9.85. The van der Waals surface area contributed by atoms with Gasteiger partial charge in [-0.05, 0) is 42.2 Å². The summed E-state index contributed by atoms with van der Waals surface area (Å²) in [7, 11) is -4.94. The maximum atomic E-state index is 8.49. The van der Waals surface area contributed by atoms with Crippen LogP contribution < -0.4 is 18.6 Å². The van der Waals surface area contributed by atoms with Crippen LogP contribution in [0.2, 0.25) is 0 Å². The molecule has 0 bridgehead atoms. The second-order valence-electron chi connectivity index (χ2n) is 7.10. The van der Waals surface area contributed by atoms with Gasteiger partial charge in [-0.2, -0.15) is 0 Å². The first-order chi connectivity index (χ1) is 14.9. The zero-order valence-corrected chi connectivity index (χ0v) is 17.2. The third-order valence-electron chi connectivity index (χ3n) is 5.14. The Labute approximate surface area is 182 Å². The lowest BCUT2D eigenvalue weighted by Crippen LogP contribution is -2.68. The van der Waals surface area contributed by atoms with Crippen molar-refractivity contribution in [3.63, 3.8) is 0 Å². The van der Waals surface area contributed by atoms with Crippen molar-refractivity contribution in [3.8, 4) is 33.8 Å². The Hall–Kier alpha value is -3.06. The highest BCUT2D eigenvalue weighted by Gasteiger charge is 2.31. The monoisotopic (exact) mass is 434 g/mol. The maximum Gasteiger partial charge on any atom is 0.364 e. The lowest BCUT2D eigenvalue weighted by molar-refractivity contribution is -2.00. The molecule has 0 amide bonds. The molecule has 1 aromatic heterocycles. The number of hydrogen-bond acceptors (Lipinski definition) is 4. The third-order valence-corrected chi connectivity index (χ3v) is 5.14. The quantitative estimate of drug-likeness (QED) is 0.448. The van der Waals surface area contributed by atoms with Crippen LogP contribution in [0.3, 0.4) is 0 Å². The minimum absolute atomic E-state index is 0.917. The molecule has 0 fully saturated rings. The van der Waals surface area contributed by atoms with E-state index in [2.05, 4.69) is 84.9 Å². The van der Waals surface area contributed by atoms with E-state index in [9.17, 15) is 0 Å². The van der Waals surface area contributed by atoms with Gasteiger partial charge >= 0.3 is 11.5 Å². The van der Waals surface area contributed by atoms with Gasteiger partial charge in [0.2, 0.25) is 0 Å². The average molecular weight is 435 g/mol. The van der Waals surface area contributed by atoms with Crippen LogP contribution in [0.15, 0.2) is 95.4 Å². The zero-order chi connectivity index (χ0) is 21.8. The molecule has 4 aromatic rings. The predicted molar refractivity (Wildman–Crippen MR) is 107 cm³/mol. The van der Waals surface area contributed by atoms with Gasteiger partial charge in [-0.15, -0.1) is 10.2 Å². The topological polar surface area (TPSA) is 104 Å². The summed E-state index contributed by atoms with van der Waals surface area (Å²) in [5.41, 5.74) is 7.54. The highest BCUT2D eigenvalue weighted by atomic mass is 35.7. The summed E-state index contributed by atoms with van der Waals surface area (Å²) < 4.78 is 40.4. The first kappa shape index (κ1) is 21.2. The zero-order valence-electron chi connectivity index (χ0n) is 16.5. The van der Waals surface area contributed by atoms with E-state index in [1.54, 1.807) is 0 Å². The average Bonchev–Trinajstić information content (AvgIpc) is 2.78. The number of aryl methyl sites for hydroxylation is 1. The highest BCUT2D eigenvalue weighted by molar-refractivity contribution is 5.81. The predicted octanol–water partition coefficient (Wildman–Crippen LogP) is 1.90. The van der Waals surface area contributed by atoms with E-state index in [0.717, 1.165) is 29.9 Å². The number of benzene rings is 3. The van der Waals surface area contributed by atoms with Crippen molar-refractivity contribution in [1.29, 1.82) is 0 Å². The van der Waals surface area contributed by atoms with Crippen LogP contribution >= 0.6 is 0 Å². The molecular formula is C25H19ClO5. The van der Waals surface area contributed by atoms with Crippen molar-refractivity contribution in [1.82, 2.24) is 0 Å². The van der Waals surface area contributed by atoms with Crippen molar-refractivity contribution >= 4 is 0 Å². The van der Waals surface area contributed by atoms with Crippen LogP contribution in [0.5, 0.6) is 0 Å². The fourth-order valence-corrected chi connectivity index (χ4v) is 3.85.